The number of para-hydroxylation sites is 1. The van der Waals surface area contributed by atoms with Crippen LogP contribution < -0.4 is 10.2 Å². The van der Waals surface area contributed by atoms with E-state index in [0.717, 1.165) is 31.0 Å². The molecule has 2 aliphatic rings. The number of rotatable bonds is 5. The van der Waals surface area contributed by atoms with Gasteiger partial charge in [0, 0.05) is 6.54 Å². The summed E-state index contributed by atoms with van der Waals surface area (Å²) < 4.78 is 0. The number of benzene rings is 1. The quantitative estimate of drug-likeness (QED) is 0.904. The molecule has 0 radical (unpaired) electrons. The van der Waals surface area contributed by atoms with Gasteiger partial charge in [-0.1, -0.05) is 38.3 Å². The minimum absolute atomic E-state index is 0.0378. The summed E-state index contributed by atoms with van der Waals surface area (Å²) >= 11 is 0. The van der Waals surface area contributed by atoms with E-state index in [2.05, 4.69) is 5.32 Å². The lowest BCUT2D eigenvalue weighted by atomic mass is 10.1. The number of carbonyl (C=O) groups excluding carboxylic acids is 2. The van der Waals surface area contributed by atoms with E-state index >= 15 is 0 Å². The second kappa shape index (κ2) is 5.88. The zero-order chi connectivity index (χ0) is 14.8. The predicted octanol–water partition coefficient (Wildman–Crippen LogP) is 2.73. The van der Waals surface area contributed by atoms with E-state index in [1.54, 1.807) is 6.07 Å². The van der Waals surface area contributed by atoms with Crippen LogP contribution in [0.15, 0.2) is 24.3 Å². The van der Waals surface area contributed by atoms with E-state index < -0.39 is 6.04 Å². The van der Waals surface area contributed by atoms with Crippen molar-refractivity contribution >= 4 is 17.5 Å². The molecular weight excluding hydrogens is 264 g/mol. The van der Waals surface area contributed by atoms with Crippen LogP contribution in [0.2, 0.25) is 0 Å². The zero-order valence-electron chi connectivity index (χ0n) is 12.5. The van der Waals surface area contributed by atoms with Crippen LogP contribution in [0.4, 0.5) is 5.69 Å². The first-order valence-corrected chi connectivity index (χ1v) is 7.92. The third kappa shape index (κ3) is 2.94. The number of amides is 2. The van der Waals surface area contributed by atoms with Crippen LogP contribution in [-0.4, -0.2) is 24.4 Å². The summed E-state index contributed by atoms with van der Waals surface area (Å²) in [5.74, 6) is 0.670. The molecule has 1 atom stereocenters. The van der Waals surface area contributed by atoms with Crippen LogP contribution in [0, 0.1) is 5.92 Å². The van der Waals surface area contributed by atoms with Crippen molar-refractivity contribution in [3.63, 3.8) is 0 Å². The molecule has 3 rings (SSSR count). The number of nitrogens with zero attached hydrogens (tertiary/aromatic N) is 1. The van der Waals surface area contributed by atoms with Gasteiger partial charge in [0.25, 0.3) is 5.91 Å². The van der Waals surface area contributed by atoms with Crippen molar-refractivity contribution in [3.8, 4) is 0 Å². The van der Waals surface area contributed by atoms with Crippen LogP contribution in [0.25, 0.3) is 0 Å². The van der Waals surface area contributed by atoms with E-state index in [0.29, 0.717) is 12.0 Å². The van der Waals surface area contributed by atoms with Gasteiger partial charge in [-0.05, 0) is 30.9 Å². The van der Waals surface area contributed by atoms with Gasteiger partial charge in [-0.2, -0.15) is 0 Å². The Morgan fingerprint density at radius 3 is 2.67 bits per heavy atom. The molecule has 1 unspecified atom stereocenters. The van der Waals surface area contributed by atoms with Gasteiger partial charge in [0.05, 0.1) is 11.3 Å². The number of fused-ring (bicyclic) bond motifs is 1. The first kappa shape index (κ1) is 14.1. The maximum atomic E-state index is 12.8. The smallest absolute Gasteiger partial charge is 0.254 e. The second-order valence-corrected chi connectivity index (χ2v) is 6.05. The molecule has 0 spiro atoms. The Kier molecular flexibility index (Phi) is 3.95. The molecule has 1 aliphatic heterocycles. The highest BCUT2D eigenvalue weighted by molar-refractivity contribution is 6.10. The molecule has 4 nitrogen and oxygen atoms in total. The molecule has 1 aromatic carbocycles. The van der Waals surface area contributed by atoms with E-state index in [1.807, 2.05) is 30.0 Å². The van der Waals surface area contributed by atoms with Gasteiger partial charge >= 0.3 is 0 Å². The SMILES string of the molecule is CCCC1NC(=O)c2ccccc2N(CCC2CC2)C1=O. The minimum atomic E-state index is -0.394. The Labute approximate surface area is 125 Å². The molecule has 1 aliphatic carbocycles. The molecule has 1 aromatic rings. The van der Waals surface area contributed by atoms with Crippen LogP contribution in [0.1, 0.15) is 49.4 Å². The summed E-state index contributed by atoms with van der Waals surface area (Å²) in [6.45, 7) is 2.75. The van der Waals surface area contributed by atoms with E-state index in [1.165, 1.54) is 12.8 Å². The number of anilines is 1. The number of nitrogens with one attached hydrogen (secondary N) is 1. The van der Waals surface area contributed by atoms with Crippen molar-refractivity contribution in [2.24, 2.45) is 5.92 Å². The lowest BCUT2D eigenvalue weighted by molar-refractivity contribution is -0.120. The van der Waals surface area contributed by atoms with Crippen molar-refractivity contribution < 1.29 is 9.59 Å². The monoisotopic (exact) mass is 286 g/mol. The summed E-state index contributed by atoms with van der Waals surface area (Å²) in [5.41, 5.74) is 1.37. The van der Waals surface area contributed by atoms with Gasteiger partial charge in [0.1, 0.15) is 6.04 Å². The summed E-state index contributed by atoms with van der Waals surface area (Å²) in [4.78, 5) is 27.0. The fraction of sp³-hybridized carbons (Fsp3) is 0.529. The lowest BCUT2D eigenvalue weighted by Crippen LogP contribution is -2.46. The van der Waals surface area contributed by atoms with Crippen molar-refractivity contribution in [3.05, 3.63) is 29.8 Å². The van der Waals surface area contributed by atoms with E-state index in [-0.39, 0.29) is 11.8 Å². The Hall–Kier alpha value is -1.84. The first-order chi connectivity index (χ1) is 10.2. The summed E-state index contributed by atoms with van der Waals surface area (Å²) in [5, 5.41) is 2.89. The maximum absolute atomic E-state index is 12.8. The zero-order valence-corrected chi connectivity index (χ0v) is 12.5. The van der Waals surface area contributed by atoms with Gasteiger partial charge < -0.3 is 10.2 Å². The molecule has 1 fully saturated rings. The van der Waals surface area contributed by atoms with Crippen LogP contribution in [0.3, 0.4) is 0 Å². The molecule has 0 bridgehead atoms. The highest BCUT2D eigenvalue weighted by Crippen LogP contribution is 2.34. The van der Waals surface area contributed by atoms with Crippen molar-refractivity contribution in [2.75, 3.05) is 11.4 Å². The molecule has 0 aromatic heterocycles. The Morgan fingerprint density at radius 1 is 1.19 bits per heavy atom. The third-order valence-electron chi connectivity index (χ3n) is 4.34. The topological polar surface area (TPSA) is 49.4 Å². The van der Waals surface area contributed by atoms with Crippen LogP contribution in [-0.2, 0) is 4.79 Å². The predicted molar refractivity (Wildman–Crippen MR) is 82.3 cm³/mol. The van der Waals surface area contributed by atoms with Gasteiger partial charge in [-0.15, -0.1) is 0 Å². The van der Waals surface area contributed by atoms with Gasteiger partial charge in [-0.25, -0.2) is 0 Å². The summed E-state index contributed by atoms with van der Waals surface area (Å²) in [6, 6.07) is 7.03. The van der Waals surface area contributed by atoms with Crippen molar-refractivity contribution in [2.45, 2.75) is 45.1 Å². The molecule has 0 saturated heterocycles. The fourth-order valence-electron chi connectivity index (χ4n) is 2.94. The Balaban J connectivity index is 1.92. The molecule has 1 heterocycles. The molecular formula is C17H22N2O2. The molecule has 112 valence electrons. The largest absolute Gasteiger partial charge is 0.340 e. The van der Waals surface area contributed by atoms with Crippen LogP contribution in [0.5, 0.6) is 0 Å². The maximum Gasteiger partial charge on any atom is 0.254 e. The standard InChI is InChI=1S/C17H22N2O2/c1-2-5-14-17(21)19(11-10-12-8-9-12)15-7-4-3-6-13(15)16(20)18-14/h3-4,6-7,12,14H,2,5,8-11H2,1H3,(H,18,20). The molecule has 1 saturated carbocycles. The second-order valence-electron chi connectivity index (χ2n) is 6.05. The van der Waals surface area contributed by atoms with Crippen LogP contribution >= 0.6 is 0 Å². The third-order valence-corrected chi connectivity index (χ3v) is 4.34. The molecule has 21 heavy (non-hydrogen) atoms. The lowest BCUT2D eigenvalue weighted by Gasteiger charge is -2.25. The Bertz CT molecular complexity index is 551. The van der Waals surface area contributed by atoms with E-state index in [4.69, 9.17) is 0 Å². The van der Waals surface area contributed by atoms with Gasteiger partial charge in [0.2, 0.25) is 5.91 Å². The number of carbonyl (C=O) groups is 2. The highest BCUT2D eigenvalue weighted by atomic mass is 16.2. The number of hydrogen-bond donors (Lipinski definition) is 1. The average Bonchev–Trinajstić information content (AvgIpc) is 3.31. The molecule has 4 heteroatoms. The average molecular weight is 286 g/mol. The highest BCUT2D eigenvalue weighted by Gasteiger charge is 2.33. The minimum Gasteiger partial charge on any atom is -0.340 e. The fourth-order valence-corrected chi connectivity index (χ4v) is 2.94. The van der Waals surface area contributed by atoms with Gasteiger partial charge in [-0.3, -0.25) is 9.59 Å². The molecule has 2 amide bonds. The summed E-state index contributed by atoms with van der Waals surface area (Å²) in [7, 11) is 0. The van der Waals surface area contributed by atoms with Crippen molar-refractivity contribution in [1.82, 2.24) is 5.32 Å². The first-order valence-electron chi connectivity index (χ1n) is 7.92. The van der Waals surface area contributed by atoms with E-state index in [9.17, 15) is 9.59 Å². The number of hydrogen-bond acceptors (Lipinski definition) is 2. The Morgan fingerprint density at radius 2 is 1.95 bits per heavy atom. The normalized spacial score (nSPS) is 21.8. The summed E-state index contributed by atoms with van der Waals surface area (Å²) in [6.07, 6.45) is 5.16. The molecule has 1 N–H and O–H groups in total. The van der Waals surface area contributed by atoms with Gasteiger partial charge in [0.15, 0.2) is 0 Å². The van der Waals surface area contributed by atoms with Crippen molar-refractivity contribution in [1.29, 1.82) is 0 Å².